The molecule has 1 N–H and O–H groups in total. The molecule has 2 heterocycles. The number of piperidine rings is 1. The highest BCUT2D eigenvalue weighted by atomic mass is 35.5. The van der Waals surface area contributed by atoms with Crippen LogP contribution in [-0.2, 0) is 6.54 Å². The molecule has 1 unspecified atom stereocenters. The summed E-state index contributed by atoms with van der Waals surface area (Å²) in [6, 6.07) is 0. The number of terminal acetylenes is 1. The zero-order valence-corrected chi connectivity index (χ0v) is 9.20. The van der Waals surface area contributed by atoms with Gasteiger partial charge in [-0.2, -0.15) is 4.80 Å². The van der Waals surface area contributed by atoms with Crippen LogP contribution in [0.3, 0.4) is 0 Å². The van der Waals surface area contributed by atoms with Crippen LogP contribution in [-0.4, -0.2) is 33.3 Å². The first-order valence-electron chi connectivity index (χ1n) is 4.82. The van der Waals surface area contributed by atoms with E-state index >= 15 is 0 Å². The molecule has 82 valence electrons. The lowest BCUT2D eigenvalue weighted by Gasteiger charge is -2.19. The largest absolute Gasteiger partial charge is 0.316 e. The van der Waals surface area contributed by atoms with Gasteiger partial charge >= 0.3 is 0 Å². The summed E-state index contributed by atoms with van der Waals surface area (Å²) < 4.78 is 0. The second-order valence-electron chi connectivity index (χ2n) is 3.43. The van der Waals surface area contributed by atoms with Gasteiger partial charge in [0, 0.05) is 12.5 Å². The standard InChI is InChI=1S/C9H13N5.ClH/c1-2-6-14-12-9(11-13-14)8-4-3-5-10-7-8;/h1,8,10H,3-7H2;1H. The Labute approximate surface area is 95.0 Å². The number of aromatic nitrogens is 4. The van der Waals surface area contributed by atoms with E-state index in [0.29, 0.717) is 12.5 Å². The van der Waals surface area contributed by atoms with Gasteiger partial charge in [-0.05, 0) is 24.6 Å². The van der Waals surface area contributed by atoms with Gasteiger partial charge in [0.1, 0.15) is 6.54 Å². The first kappa shape index (κ1) is 12.0. The Morgan fingerprint density at radius 3 is 3.13 bits per heavy atom. The number of tetrazole rings is 1. The summed E-state index contributed by atoms with van der Waals surface area (Å²) in [5, 5.41) is 15.4. The van der Waals surface area contributed by atoms with Crippen molar-refractivity contribution in [2.75, 3.05) is 13.1 Å². The monoisotopic (exact) mass is 227 g/mol. The van der Waals surface area contributed by atoms with E-state index in [1.807, 2.05) is 0 Å². The van der Waals surface area contributed by atoms with Crippen molar-refractivity contribution in [2.24, 2.45) is 0 Å². The Morgan fingerprint density at radius 1 is 1.60 bits per heavy atom. The highest BCUT2D eigenvalue weighted by Gasteiger charge is 2.19. The number of nitrogens with one attached hydrogen (secondary N) is 1. The third-order valence-corrected chi connectivity index (χ3v) is 2.36. The van der Waals surface area contributed by atoms with Gasteiger partial charge < -0.3 is 5.32 Å². The molecule has 0 aliphatic carbocycles. The SMILES string of the molecule is C#CCn1nnc(C2CCCNC2)n1.Cl. The second-order valence-corrected chi connectivity index (χ2v) is 3.43. The molecule has 2 rings (SSSR count). The van der Waals surface area contributed by atoms with E-state index in [0.717, 1.165) is 25.3 Å². The molecule has 1 atom stereocenters. The maximum atomic E-state index is 5.16. The van der Waals surface area contributed by atoms with Crippen molar-refractivity contribution < 1.29 is 0 Å². The van der Waals surface area contributed by atoms with E-state index < -0.39 is 0 Å². The molecule has 1 fully saturated rings. The van der Waals surface area contributed by atoms with Crippen molar-refractivity contribution in [3.05, 3.63) is 5.82 Å². The molecule has 1 aliphatic rings. The minimum atomic E-state index is 0. The molecule has 0 aromatic carbocycles. The fourth-order valence-electron chi connectivity index (χ4n) is 1.64. The number of hydrogen-bond acceptors (Lipinski definition) is 4. The molecule has 1 aliphatic heterocycles. The summed E-state index contributed by atoms with van der Waals surface area (Å²) in [4.78, 5) is 1.46. The summed E-state index contributed by atoms with van der Waals surface area (Å²) in [7, 11) is 0. The molecule has 0 spiro atoms. The van der Waals surface area contributed by atoms with Crippen molar-refractivity contribution in [3.63, 3.8) is 0 Å². The van der Waals surface area contributed by atoms with E-state index in [4.69, 9.17) is 6.42 Å². The third kappa shape index (κ3) is 2.91. The van der Waals surface area contributed by atoms with Crippen molar-refractivity contribution in [3.8, 4) is 12.3 Å². The van der Waals surface area contributed by atoms with Gasteiger partial charge in [-0.1, -0.05) is 5.92 Å². The number of nitrogens with zero attached hydrogens (tertiary/aromatic N) is 4. The minimum absolute atomic E-state index is 0. The number of halogens is 1. The molecular formula is C9H14ClN5. The quantitative estimate of drug-likeness (QED) is 0.734. The van der Waals surface area contributed by atoms with Gasteiger partial charge in [0.25, 0.3) is 0 Å². The van der Waals surface area contributed by atoms with Crippen LogP contribution >= 0.6 is 12.4 Å². The van der Waals surface area contributed by atoms with Gasteiger partial charge in [-0.25, -0.2) is 0 Å². The summed E-state index contributed by atoms with van der Waals surface area (Å²) in [5.41, 5.74) is 0. The van der Waals surface area contributed by atoms with Crippen LogP contribution in [0.25, 0.3) is 0 Å². The maximum absolute atomic E-state index is 5.16. The zero-order chi connectivity index (χ0) is 9.80. The van der Waals surface area contributed by atoms with E-state index in [-0.39, 0.29) is 12.4 Å². The Kier molecular flexibility index (Phi) is 4.53. The van der Waals surface area contributed by atoms with Crippen molar-refractivity contribution in [2.45, 2.75) is 25.3 Å². The molecule has 1 aromatic heterocycles. The smallest absolute Gasteiger partial charge is 0.179 e. The van der Waals surface area contributed by atoms with Gasteiger partial charge in [-0.3, -0.25) is 0 Å². The summed E-state index contributed by atoms with van der Waals surface area (Å²) in [5.74, 6) is 3.69. The predicted octanol–water partition coefficient (Wildman–Crippen LogP) is 0.195. The molecule has 15 heavy (non-hydrogen) atoms. The van der Waals surface area contributed by atoms with Crippen LogP contribution in [0.2, 0.25) is 0 Å². The van der Waals surface area contributed by atoms with Crippen molar-refractivity contribution >= 4 is 12.4 Å². The first-order chi connectivity index (χ1) is 6.90. The average Bonchev–Trinajstić information content (AvgIpc) is 2.68. The van der Waals surface area contributed by atoms with Crippen LogP contribution in [0, 0.1) is 12.3 Å². The van der Waals surface area contributed by atoms with E-state index in [9.17, 15) is 0 Å². The highest BCUT2D eigenvalue weighted by molar-refractivity contribution is 5.85. The Morgan fingerprint density at radius 2 is 2.47 bits per heavy atom. The molecule has 6 heteroatoms. The lowest BCUT2D eigenvalue weighted by Crippen LogP contribution is -2.29. The third-order valence-electron chi connectivity index (χ3n) is 2.36. The molecule has 0 saturated carbocycles. The van der Waals surface area contributed by atoms with E-state index in [2.05, 4.69) is 26.6 Å². The molecule has 5 nitrogen and oxygen atoms in total. The van der Waals surface area contributed by atoms with E-state index in [1.54, 1.807) is 0 Å². The first-order valence-corrected chi connectivity index (χ1v) is 4.82. The molecule has 0 bridgehead atoms. The molecule has 0 radical (unpaired) electrons. The molecule has 1 aromatic rings. The zero-order valence-electron chi connectivity index (χ0n) is 8.39. The second kappa shape index (κ2) is 5.69. The normalized spacial score (nSPS) is 20.3. The minimum Gasteiger partial charge on any atom is -0.316 e. The van der Waals surface area contributed by atoms with Gasteiger partial charge in [0.2, 0.25) is 0 Å². The lowest BCUT2D eigenvalue weighted by atomic mass is 9.99. The van der Waals surface area contributed by atoms with Crippen LogP contribution < -0.4 is 5.32 Å². The topological polar surface area (TPSA) is 55.6 Å². The fourth-order valence-corrected chi connectivity index (χ4v) is 1.64. The van der Waals surface area contributed by atoms with Gasteiger partial charge in [0.15, 0.2) is 5.82 Å². The van der Waals surface area contributed by atoms with E-state index in [1.165, 1.54) is 11.2 Å². The summed E-state index contributed by atoms with van der Waals surface area (Å²) >= 11 is 0. The summed E-state index contributed by atoms with van der Waals surface area (Å²) in [6.45, 7) is 2.43. The predicted molar refractivity (Wildman–Crippen MR) is 58.7 cm³/mol. The average molecular weight is 228 g/mol. The van der Waals surface area contributed by atoms with Crippen LogP contribution in [0.4, 0.5) is 0 Å². The van der Waals surface area contributed by atoms with Crippen LogP contribution in [0.15, 0.2) is 0 Å². The Hall–Kier alpha value is -1.12. The fraction of sp³-hybridized carbons (Fsp3) is 0.667. The number of rotatable bonds is 2. The van der Waals surface area contributed by atoms with Crippen LogP contribution in [0.1, 0.15) is 24.6 Å². The van der Waals surface area contributed by atoms with Crippen LogP contribution in [0.5, 0.6) is 0 Å². The highest BCUT2D eigenvalue weighted by Crippen LogP contribution is 2.18. The Bertz CT molecular complexity index is 337. The molecule has 1 saturated heterocycles. The summed E-state index contributed by atoms with van der Waals surface area (Å²) in [6.07, 6.45) is 7.47. The number of hydrogen-bond donors (Lipinski definition) is 1. The van der Waals surface area contributed by atoms with Gasteiger partial charge in [0.05, 0.1) is 0 Å². The molecular weight excluding hydrogens is 214 g/mol. The van der Waals surface area contributed by atoms with Crippen molar-refractivity contribution in [1.29, 1.82) is 0 Å². The van der Waals surface area contributed by atoms with Crippen molar-refractivity contribution in [1.82, 2.24) is 25.5 Å². The Balaban J connectivity index is 0.00000112. The lowest BCUT2D eigenvalue weighted by molar-refractivity contribution is 0.444. The maximum Gasteiger partial charge on any atom is 0.179 e. The molecule has 0 amide bonds. The van der Waals surface area contributed by atoms with Gasteiger partial charge in [-0.15, -0.1) is 29.0 Å².